The zero-order valence-electron chi connectivity index (χ0n) is 31.6. The summed E-state index contributed by atoms with van der Waals surface area (Å²) in [7, 11) is 0. The van der Waals surface area contributed by atoms with Crippen LogP contribution in [-0.2, 0) is 33.2 Å². The lowest BCUT2D eigenvalue weighted by Gasteiger charge is -2.48. The van der Waals surface area contributed by atoms with Crippen molar-refractivity contribution < 1.29 is 89.4 Å². The largest absolute Gasteiger partial charge is 0.394 e. The molecule has 19 heteroatoms. The summed E-state index contributed by atoms with van der Waals surface area (Å²) < 4.78 is 33.6. The van der Waals surface area contributed by atoms with Crippen LogP contribution in [0.3, 0.4) is 0 Å². The number of unbranched alkanes of at least 4 members (excludes halogenated alkanes) is 7. The molecule has 17 unspecified atom stereocenters. The predicted octanol–water partition coefficient (Wildman–Crippen LogP) is -3.21. The quantitative estimate of drug-likeness (QED) is 0.0358. The Morgan fingerprint density at radius 3 is 1.69 bits per heavy atom. The highest BCUT2D eigenvalue weighted by atomic mass is 16.8. The van der Waals surface area contributed by atoms with Gasteiger partial charge in [0.25, 0.3) is 0 Å². The molecule has 0 aromatic rings. The van der Waals surface area contributed by atoms with E-state index in [1.165, 1.54) is 12.8 Å². The highest BCUT2D eigenvalue weighted by Crippen LogP contribution is 2.32. The van der Waals surface area contributed by atoms with Gasteiger partial charge in [-0.3, -0.25) is 4.79 Å². The SMILES string of the molecule is CCCCCCCC/C=C/C(O)C(COC1OC(CO)C(OC2OC(CO)C(OC3OC(CO)C(O)C(O)C3O)C(O)C2O)C(O)C1O)NC(=O)CCCC. The van der Waals surface area contributed by atoms with Crippen molar-refractivity contribution in [3.63, 3.8) is 0 Å². The third-order valence-corrected chi connectivity index (χ3v) is 10.1. The van der Waals surface area contributed by atoms with E-state index in [0.717, 1.165) is 38.5 Å². The number of rotatable bonds is 23. The summed E-state index contributed by atoms with van der Waals surface area (Å²) in [6.45, 7) is 1.31. The Bertz CT molecular complexity index is 1100. The second-order valence-electron chi connectivity index (χ2n) is 14.4. The molecule has 0 radical (unpaired) electrons. The predicted molar refractivity (Wildman–Crippen MR) is 190 cm³/mol. The van der Waals surface area contributed by atoms with Crippen molar-refractivity contribution in [3.8, 4) is 0 Å². The molecule has 0 aromatic heterocycles. The van der Waals surface area contributed by atoms with E-state index in [2.05, 4.69) is 12.2 Å². The topological polar surface area (TPSA) is 307 Å². The number of allylic oxidation sites excluding steroid dienone is 1. The van der Waals surface area contributed by atoms with Crippen LogP contribution in [0.1, 0.15) is 78.1 Å². The molecule has 3 saturated heterocycles. The smallest absolute Gasteiger partial charge is 0.220 e. The standard InChI is InChI=1S/C36H65NO18/c1-3-5-7-8-9-10-11-12-13-20(41)19(37-24(42)14-6-4-2)18-50-34-30(48)27(45)32(22(16-39)52-34)55-36-31(49)28(46)33(23(17-40)53-36)54-35-29(47)26(44)25(43)21(15-38)51-35/h12-13,19-23,25-36,38-41,43-49H,3-11,14-18H2,1-2H3,(H,37,42)/b13-12+. The van der Waals surface area contributed by atoms with Crippen molar-refractivity contribution >= 4 is 5.91 Å². The first-order chi connectivity index (χ1) is 26.3. The number of amides is 1. The van der Waals surface area contributed by atoms with Gasteiger partial charge in [-0.15, -0.1) is 0 Å². The van der Waals surface area contributed by atoms with Crippen LogP contribution < -0.4 is 5.32 Å². The lowest BCUT2D eigenvalue weighted by molar-refractivity contribution is -0.379. The van der Waals surface area contributed by atoms with Crippen LogP contribution in [0, 0.1) is 0 Å². The molecule has 17 atom stereocenters. The number of aliphatic hydroxyl groups is 11. The van der Waals surface area contributed by atoms with Crippen molar-refractivity contribution in [1.29, 1.82) is 0 Å². The molecule has 0 aliphatic carbocycles. The molecule has 0 saturated carbocycles. The Hall–Kier alpha value is -1.47. The van der Waals surface area contributed by atoms with Gasteiger partial charge in [0.15, 0.2) is 18.9 Å². The van der Waals surface area contributed by atoms with Gasteiger partial charge >= 0.3 is 0 Å². The average Bonchev–Trinajstić information content (AvgIpc) is 3.18. The number of aliphatic hydroxyl groups excluding tert-OH is 11. The third kappa shape index (κ3) is 13.5. The van der Waals surface area contributed by atoms with Crippen LogP contribution in [0.5, 0.6) is 0 Å². The number of ether oxygens (including phenoxy) is 6. The van der Waals surface area contributed by atoms with Gasteiger partial charge in [-0.2, -0.15) is 0 Å². The Labute approximate surface area is 321 Å². The minimum absolute atomic E-state index is 0.218. The van der Waals surface area contributed by atoms with Gasteiger partial charge < -0.3 is 89.9 Å². The summed E-state index contributed by atoms with van der Waals surface area (Å²) in [4.78, 5) is 12.6. The van der Waals surface area contributed by atoms with E-state index in [1.807, 2.05) is 13.0 Å². The van der Waals surface area contributed by atoms with Crippen molar-refractivity contribution in [2.75, 3.05) is 26.4 Å². The fourth-order valence-corrected chi connectivity index (χ4v) is 6.63. The number of hydrogen-bond acceptors (Lipinski definition) is 18. The molecule has 12 N–H and O–H groups in total. The molecule has 0 aromatic carbocycles. The lowest BCUT2D eigenvalue weighted by atomic mass is 9.96. The second kappa shape index (κ2) is 24.5. The van der Waals surface area contributed by atoms with E-state index in [-0.39, 0.29) is 18.9 Å². The van der Waals surface area contributed by atoms with Crippen molar-refractivity contribution in [3.05, 3.63) is 12.2 Å². The molecule has 0 bridgehead atoms. The number of hydrogen-bond donors (Lipinski definition) is 12. The Morgan fingerprint density at radius 2 is 1.13 bits per heavy atom. The molecule has 3 aliphatic rings. The molecular weight excluding hydrogens is 734 g/mol. The zero-order valence-corrected chi connectivity index (χ0v) is 31.6. The molecule has 3 aliphatic heterocycles. The Balaban J connectivity index is 1.63. The van der Waals surface area contributed by atoms with E-state index in [0.29, 0.717) is 6.42 Å². The van der Waals surface area contributed by atoms with Crippen LogP contribution in [0.15, 0.2) is 12.2 Å². The maximum Gasteiger partial charge on any atom is 0.220 e. The first-order valence-corrected chi connectivity index (χ1v) is 19.4. The maximum atomic E-state index is 12.6. The van der Waals surface area contributed by atoms with Gasteiger partial charge in [-0.1, -0.05) is 64.5 Å². The number of carbonyl (C=O) groups is 1. The van der Waals surface area contributed by atoms with Gasteiger partial charge in [0.2, 0.25) is 5.91 Å². The van der Waals surface area contributed by atoms with Crippen molar-refractivity contribution in [1.82, 2.24) is 5.32 Å². The summed E-state index contributed by atoms with van der Waals surface area (Å²) in [5.74, 6) is -0.319. The van der Waals surface area contributed by atoms with Crippen LogP contribution in [0.4, 0.5) is 0 Å². The van der Waals surface area contributed by atoms with Gasteiger partial charge in [-0.05, 0) is 19.3 Å². The average molecular weight is 800 g/mol. The molecule has 3 fully saturated rings. The zero-order chi connectivity index (χ0) is 40.7. The summed E-state index contributed by atoms with van der Waals surface area (Å²) in [5, 5.41) is 118. The fraction of sp³-hybridized carbons (Fsp3) is 0.917. The molecular formula is C36H65NO18. The summed E-state index contributed by atoms with van der Waals surface area (Å²) in [5.41, 5.74) is 0. The Morgan fingerprint density at radius 1 is 0.636 bits per heavy atom. The summed E-state index contributed by atoms with van der Waals surface area (Å²) in [6, 6.07) is -0.958. The van der Waals surface area contributed by atoms with Crippen LogP contribution in [0.25, 0.3) is 0 Å². The molecule has 322 valence electrons. The van der Waals surface area contributed by atoms with Crippen LogP contribution in [0.2, 0.25) is 0 Å². The maximum absolute atomic E-state index is 12.6. The van der Waals surface area contributed by atoms with Gasteiger partial charge in [0, 0.05) is 6.42 Å². The highest BCUT2D eigenvalue weighted by molar-refractivity contribution is 5.76. The summed E-state index contributed by atoms with van der Waals surface area (Å²) >= 11 is 0. The fourth-order valence-electron chi connectivity index (χ4n) is 6.63. The van der Waals surface area contributed by atoms with E-state index in [1.54, 1.807) is 6.08 Å². The van der Waals surface area contributed by atoms with Gasteiger partial charge in [0.1, 0.15) is 73.2 Å². The van der Waals surface area contributed by atoms with Gasteiger partial charge in [0.05, 0.1) is 38.6 Å². The minimum Gasteiger partial charge on any atom is -0.394 e. The second-order valence-corrected chi connectivity index (χ2v) is 14.4. The highest BCUT2D eigenvalue weighted by Gasteiger charge is 2.53. The van der Waals surface area contributed by atoms with Crippen LogP contribution in [-0.4, -0.2) is 193 Å². The monoisotopic (exact) mass is 799 g/mol. The first-order valence-electron chi connectivity index (χ1n) is 19.4. The van der Waals surface area contributed by atoms with E-state index < -0.39 is 124 Å². The molecule has 1 amide bonds. The summed E-state index contributed by atoms with van der Waals surface area (Å²) in [6.07, 6.45) is -14.3. The molecule has 55 heavy (non-hydrogen) atoms. The molecule has 19 nitrogen and oxygen atoms in total. The first kappa shape index (κ1) is 47.9. The van der Waals surface area contributed by atoms with E-state index in [9.17, 15) is 61.0 Å². The van der Waals surface area contributed by atoms with Crippen molar-refractivity contribution in [2.45, 2.75) is 182 Å². The minimum atomic E-state index is -1.97. The van der Waals surface area contributed by atoms with E-state index in [4.69, 9.17) is 28.4 Å². The van der Waals surface area contributed by atoms with E-state index >= 15 is 0 Å². The third-order valence-electron chi connectivity index (χ3n) is 10.1. The lowest BCUT2D eigenvalue weighted by Crippen LogP contribution is -2.66. The number of carbonyl (C=O) groups excluding carboxylic acids is 1. The van der Waals surface area contributed by atoms with Crippen molar-refractivity contribution in [2.24, 2.45) is 0 Å². The molecule has 3 heterocycles. The van der Waals surface area contributed by atoms with Crippen LogP contribution >= 0.6 is 0 Å². The van der Waals surface area contributed by atoms with Gasteiger partial charge in [-0.25, -0.2) is 0 Å². The molecule has 0 spiro atoms. The molecule has 3 rings (SSSR count). The normalized spacial score (nSPS) is 38.2. The number of nitrogens with one attached hydrogen (secondary N) is 1. The Kier molecular flexibility index (Phi) is 21.3.